The summed E-state index contributed by atoms with van der Waals surface area (Å²) < 4.78 is 0. The zero-order valence-corrected chi connectivity index (χ0v) is 14.3. The molecule has 1 aromatic carbocycles. The fraction of sp³-hybridized carbons (Fsp3) is 0.533. The van der Waals surface area contributed by atoms with E-state index in [2.05, 4.69) is 36.3 Å². The molecule has 0 aliphatic rings. The lowest BCUT2D eigenvalue weighted by molar-refractivity contribution is 0.675. The van der Waals surface area contributed by atoms with Gasteiger partial charge in [-0.3, -0.25) is 4.99 Å². The van der Waals surface area contributed by atoms with Crippen LogP contribution in [0.25, 0.3) is 0 Å². The minimum Gasteiger partial charge on any atom is -0.370 e. The van der Waals surface area contributed by atoms with Crippen molar-refractivity contribution in [1.29, 1.82) is 0 Å². The molecule has 0 aliphatic carbocycles. The number of rotatable bonds is 7. The molecule has 0 saturated carbocycles. The van der Waals surface area contributed by atoms with Crippen LogP contribution >= 0.6 is 24.0 Å². The van der Waals surface area contributed by atoms with Gasteiger partial charge in [-0.2, -0.15) is 0 Å². The molecule has 3 N–H and O–H groups in total. The number of unbranched alkanes of at least 4 members (excludes halogenated alkanes) is 3. The van der Waals surface area contributed by atoms with E-state index in [0.29, 0.717) is 5.96 Å². The van der Waals surface area contributed by atoms with Crippen LogP contribution in [0.3, 0.4) is 0 Å². The molecule has 0 aliphatic heterocycles. The Labute approximate surface area is 134 Å². The molecule has 0 amide bonds. The Hall–Kier alpha value is -0.780. The van der Waals surface area contributed by atoms with Crippen molar-refractivity contribution in [2.75, 3.05) is 11.9 Å². The summed E-state index contributed by atoms with van der Waals surface area (Å²) in [4.78, 5) is 4.33. The van der Waals surface area contributed by atoms with Crippen molar-refractivity contribution in [3.05, 3.63) is 29.8 Å². The van der Waals surface area contributed by atoms with Crippen LogP contribution in [-0.4, -0.2) is 12.5 Å². The first kappa shape index (κ1) is 18.2. The first-order valence-electron chi connectivity index (χ1n) is 6.92. The predicted octanol–water partition coefficient (Wildman–Crippen LogP) is 4.17. The molecular weight excluding hydrogens is 349 g/mol. The number of anilines is 1. The highest BCUT2D eigenvalue weighted by atomic mass is 127. The summed E-state index contributed by atoms with van der Waals surface area (Å²) in [6.07, 6.45) is 5.91. The molecule has 0 heterocycles. The number of nitrogens with zero attached hydrogens (tertiary/aromatic N) is 1. The standard InChI is InChI=1S/C15H25N3.HI/c1-3-5-6-7-11-17-15(16)18-14-10-8-9-13(4-2)12-14;/h8-10,12H,3-7,11H2,1-2H3,(H3,16,17,18);1H. The lowest BCUT2D eigenvalue weighted by Gasteiger charge is -2.07. The average Bonchev–Trinajstić information content (AvgIpc) is 2.38. The topological polar surface area (TPSA) is 50.4 Å². The van der Waals surface area contributed by atoms with Crippen molar-refractivity contribution in [3.63, 3.8) is 0 Å². The normalized spacial score (nSPS) is 10.9. The zero-order valence-electron chi connectivity index (χ0n) is 12.0. The molecule has 4 heteroatoms. The fourth-order valence-corrected chi connectivity index (χ4v) is 1.79. The summed E-state index contributed by atoms with van der Waals surface area (Å²) >= 11 is 0. The number of aryl methyl sites for hydroxylation is 1. The zero-order chi connectivity index (χ0) is 13.2. The first-order valence-corrected chi connectivity index (χ1v) is 6.92. The van der Waals surface area contributed by atoms with Crippen molar-refractivity contribution >= 4 is 35.6 Å². The van der Waals surface area contributed by atoms with Crippen LogP contribution in [0.15, 0.2) is 29.3 Å². The number of halogens is 1. The van der Waals surface area contributed by atoms with Crippen LogP contribution in [0.4, 0.5) is 5.69 Å². The van der Waals surface area contributed by atoms with E-state index < -0.39 is 0 Å². The monoisotopic (exact) mass is 375 g/mol. The lowest BCUT2D eigenvalue weighted by atomic mass is 10.1. The van der Waals surface area contributed by atoms with Crippen molar-refractivity contribution in [2.24, 2.45) is 10.7 Å². The maximum absolute atomic E-state index is 5.85. The van der Waals surface area contributed by atoms with E-state index in [9.17, 15) is 0 Å². The highest BCUT2D eigenvalue weighted by Gasteiger charge is 1.96. The van der Waals surface area contributed by atoms with Gasteiger partial charge in [-0.15, -0.1) is 24.0 Å². The van der Waals surface area contributed by atoms with Gasteiger partial charge in [0.2, 0.25) is 0 Å². The van der Waals surface area contributed by atoms with Gasteiger partial charge in [-0.25, -0.2) is 0 Å². The number of aliphatic imine (C=N–C) groups is 1. The largest absolute Gasteiger partial charge is 0.370 e. The SMILES string of the molecule is CCCCCCN=C(N)Nc1cccc(CC)c1.I. The molecule has 19 heavy (non-hydrogen) atoms. The molecule has 108 valence electrons. The van der Waals surface area contributed by atoms with E-state index in [1.807, 2.05) is 12.1 Å². The van der Waals surface area contributed by atoms with Gasteiger partial charge < -0.3 is 11.1 Å². The molecule has 0 atom stereocenters. The third-order valence-electron chi connectivity index (χ3n) is 2.90. The summed E-state index contributed by atoms with van der Waals surface area (Å²) in [5, 5.41) is 3.14. The molecule has 0 unspecified atom stereocenters. The molecule has 3 nitrogen and oxygen atoms in total. The third-order valence-corrected chi connectivity index (χ3v) is 2.90. The Bertz CT molecular complexity index is 377. The van der Waals surface area contributed by atoms with Gasteiger partial charge in [-0.1, -0.05) is 45.2 Å². The molecule has 0 saturated heterocycles. The molecular formula is C15H26IN3. The van der Waals surface area contributed by atoms with Crippen LogP contribution in [0.1, 0.15) is 45.1 Å². The van der Waals surface area contributed by atoms with Crippen molar-refractivity contribution < 1.29 is 0 Å². The number of hydrogen-bond acceptors (Lipinski definition) is 1. The maximum atomic E-state index is 5.85. The van der Waals surface area contributed by atoms with Gasteiger partial charge >= 0.3 is 0 Å². The van der Waals surface area contributed by atoms with Crippen LogP contribution in [0.5, 0.6) is 0 Å². The number of nitrogens with one attached hydrogen (secondary N) is 1. The van der Waals surface area contributed by atoms with Gasteiger partial charge in [-0.05, 0) is 30.5 Å². The van der Waals surface area contributed by atoms with E-state index in [1.165, 1.54) is 24.8 Å². The lowest BCUT2D eigenvalue weighted by Crippen LogP contribution is -2.22. The van der Waals surface area contributed by atoms with Crippen molar-refractivity contribution in [1.82, 2.24) is 0 Å². The number of hydrogen-bond donors (Lipinski definition) is 2. The first-order chi connectivity index (χ1) is 8.76. The Morgan fingerprint density at radius 1 is 1.21 bits per heavy atom. The smallest absolute Gasteiger partial charge is 0.193 e. The Kier molecular flexibility index (Phi) is 10.6. The number of benzene rings is 1. The number of guanidine groups is 1. The second-order valence-electron chi connectivity index (χ2n) is 4.51. The fourth-order valence-electron chi connectivity index (χ4n) is 1.79. The van der Waals surface area contributed by atoms with Crippen LogP contribution in [0, 0.1) is 0 Å². The van der Waals surface area contributed by atoms with Crippen molar-refractivity contribution in [3.8, 4) is 0 Å². The third kappa shape index (κ3) is 8.08. The minimum absolute atomic E-state index is 0. The van der Waals surface area contributed by atoms with E-state index >= 15 is 0 Å². The van der Waals surface area contributed by atoms with Gasteiger partial charge in [0.05, 0.1) is 0 Å². The molecule has 0 fully saturated rings. The van der Waals surface area contributed by atoms with E-state index in [0.717, 1.165) is 25.1 Å². The summed E-state index contributed by atoms with van der Waals surface area (Å²) in [7, 11) is 0. The molecule has 0 aromatic heterocycles. The van der Waals surface area contributed by atoms with Crippen molar-refractivity contribution in [2.45, 2.75) is 46.0 Å². The molecule has 1 aromatic rings. The Morgan fingerprint density at radius 2 is 2.00 bits per heavy atom. The maximum Gasteiger partial charge on any atom is 0.193 e. The van der Waals surface area contributed by atoms with Crippen LogP contribution < -0.4 is 11.1 Å². The summed E-state index contributed by atoms with van der Waals surface area (Å²) in [6.45, 7) is 5.16. The van der Waals surface area contributed by atoms with Gasteiger partial charge in [0.25, 0.3) is 0 Å². The van der Waals surface area contributed by atoms with E-state index in [1.54, 1.807) is 0 Å². The second kappa shape index (κ2) is 11.1. The summed E-state index contributed by atoms with van der Waals surface area (Å²) in [5.41, 5.74) is 8.17. The summed E-state index contributed by atoms with van der Waals surface area (Å²) in [6, 6.07) is 8.27. The average molecular weight is 375 g/mol. The highest BCUT2D eigenvalue weighted by molar-refractivity contribution is 14.0. The molecule has 0 radical (unpaired) electrons. The second-order valence-corrected chi connectivity index (χ2v) is 4.51. The quantitative estimate of drug-likeness (QED) is 0.325. The van der Waals surface area contributed by atoms with Gasteiger partial charge in [0.15, 0.2) is 5.96 Å². The number of nitrogens with two attached hydrogens (primary N) is 1. The Balaban J connectivity index is 0.00000324. The molecule has 0 bridgehead atoms. The summed E-state index contributed by atoms with van der Waals surface area (Å²) in [5.74, 6) is 0.514. The van der Waals surface area contributed by atoms with E-state index in [4.69, 9.17) is 5.73 Å². The van der Waals surface area contributed by atoms with Gasteiger partial charge in [0.1, 0.15) is 0 Å². The predicted molar refractivity (Wildman–Crippen MR) is 95.5 cm³/mol. The molecule has 0 spiro atoms. The van der Waals surface area contributed by atoms with Crippen LogP contribution in [-0.2, 0) is 6.42 Å². The Morgan fingerprint density at radius 3 is 2.68 bits per heavy atom. The highest BCUT2D eigenvalue weighted by Crippen LogP contribution is 2.10. The van der Waals surface area contributed by atoms with E-state index in [-0.39, 0.29) is 24.0 Å². The molecule has 1 rings (SSSR count). The minimum atomic E-state index is 0. The van der Waals surface area contributed by atoms with Crippen LogP contribution in [0.2, 0.25) is 0 Å². The van der Waals surface area contributed by atoms with Gasteiger partial charge in [0, 0.05) is 12.2 Å².